The van der Waals surface area contributed by atoms with Crippen LogP contribution in [0.3, 0.4) is 0 Å². The van der Waals surface area contributed by atoms with Crippen LogP contribution >= 0.6 is 0 Å². The Balaban J connectivity index is 1.85. The molecular formula is C28H32O3Si3. The minimum atomic E-state index is -3.16. The third kappa shape index (κ3) is 5.66. The maximum atomic E-state index is 7.37. The van der Waals surface area contributed by atoms with Crippen LogP contribution in [-0.4, -0.2) is 25.4 Å². The number of benzene rings is 4. The molecule has 0 heterocycles. The van der Waals surface area contributed by atoms with E-state index < -0.39 is 25.4 Å². The Labute approximate surface area is 206 Å². The third-order valence-electron chi connectivity index (χ3n) is 5.67. The molecule has 0 amide bonds. The van der Waals surface area contributed by atoms with Crippen molar-refractivity contribution in [2.75, 3.05) is 0 Å². The molecule has 0 aromatic heterocycles. The second kappa shape index (κ2) is 10.2. The molecule has 3 nitrogen and oxygen atoms in total. The third-order valence-corrected chi connectivity index (χ3v) is 16.6. The van der Waals surface area contributed by atoms with Gasteiger partial charge in [0.05, 0.1) is 0 Å². The lowest BCUT2D eigenvalue weighted by atomic mass is 10.3. The largest absolute Gasteiger partial charge is 0.521 e. The first-order valence-electron chi connectivity index (χ1n) is 11.6. The average Bonchev–Trinajstić information content (AvgIpc) is 2.85. The quantitative estimate of drug-likeness (QED) is 0.297. The van der Waals surface area contributed by atoms with Gasteiger partial charge < -0.3 is 12.7 Å². The predicted molar refractivity (Wildman–Crippen MR) is 148 cm³/mol. The number of rotatable bonds is 9. The van der Waals surface area contributed by atoms with E-state index in [1.807, 2.05) is 48.5 Å². The monoisotopic (exact) mass is 500 g/mol. The van der Waals surface area contributed by atoms with Gasteiger partial charge in [0.25, 0.3) is 0 Å². The first-order valence-corrected chi connectivity index (χ1v) is 19.2. The Bertz CT molecular complexity index is 1130. The van der Waals surface area contributed by atoms with E-state index in [9.17, 15) is 0 Å². The van der Waals surface area contributed by atoms with Crippen molar-refractivity contribution in [3.8, 4) is 5.75 Å². The van der Waals surface area contributed by atoms with Crippen molar-refractivity contribution in [3.05, 3.63) is 121 Å². The zero-order valence-corrected chi connectivity index (χ0v) is 23.3. The minimum Gasteiger partial charge on any atom is -0.521 e. The lowest BCUT2D eigenvalue weighted by Gasteiger charge is -2.42. The molecule has 0 aliphatic rings. The fraction of sp³-hybridized carbons (Fsp3) is 0.143. The normalized spacial score (nSPS) is 12.4. The zero-order chi connectivity index (χ0) is 24.1. The van der Waals surface area contributed by atoms with E-state index in [0.717, 1.165) is 16.1 Å². The topological polar surface area (TPSA) is 27.7 Å². The van der Waals surface area contributed by atoms with Gasteiger partial charge in [0.1, 0.15) is 5.75 Å². The van der Waals surface area contributed by atoms with Crippen LogP contribution in [-0.2, 0) is 8.23 Å². The highest BCUT2D eigenvalue weighted by molar-refractivity contribution is 7.04. The molecule has 0 N–H and O–H groups in total. The van der Waals surface area contributed by atoms with Gasteiger partial charge in [-0.3, -0.25) is 0 Å². The van der Waals surface area contributed by atoms with Crippen molar-refractivity contribution < 1.29 is 12.7 Å². The molecule has 4 aromatic carbocycles. The standard InChI is InChI=1S/C28H32O3Si3/c1-32(2,26-19-11-6-12-20-26)30-34(27-21-13-7-14-22-27,28-23-15-8-16-24-28)31-33(3,4)29-25-17-9-5-10-18-25/h5-24H,1-4H3. The summed E-state index contributed by atoms with van der Waals surface area (Å²) >= 11 is 0. The first kappa shape index (κ1) is 24.4. The Morgan fingerprint density at radius 1 is 0.441 bits per heavy atom. The number of para-hydroxylation sites is 1. The second-order valence-corrected chi connectivity index (χ2v) is 19.9. The molecule has 34 heavy (non-hydrogen) atoms. The molecule has 4 aromatic rings. The highest BCUT2D eigenvalue weighted by Crippen LogP contribution is 2.24. The van der Waals surface area contributed by atoms with Gasteiger partial charge in [-0.25, -0.2) is 0 Å². The van der Waals surface area contributed by atoms with Crippen molar-refractivity contribution in [3.63, 3.8) is 0 Å². The van der Waals surface area contributed by atoms with Gasteiger partial charge in [0.2, 0.25) is 8.32 Å². The molecule has 0 aliphatic heterocycles. The summed E-state index contributed by atoms with van der Waals surface area (Å²) in [5, 5.41) is 3.43. The van der Waals surface area contributed by atoms with E-state index >= 15 is 0 Å². The molecule has 0 fully saturated rings. The summed E-state index contributed by atoms with van der Waals surface area (Å²) in [4.78, 5) is 0. The highest BCUT2D eigenvalue weighted by Gasteiger charge is 2.52. The van der Waals surface area contributed by atoms with Crippen LogP contribution in [0.4, 0.5) is 0 Å². The molecule has 0 spiro atoms. The van der Waals surface area contributed by atoms with E-state index in [2.05, 4.69) is 99.0 Å². The Morgan fingerprint density at radius 3 is 1.26 bits per heavy atom. The van der Waals surface area contributed by atoms with Crippen LogP contribution in [0, 0.1) is 0 Å². The second-order valence-electron chi connectivity index (χ2n) is 9.24. The SMILES string of the molecule is C[Si](C)(Oc1ccccc1)O[Si](O[Si](C)(C)c1ccccc1)(c1ccccc1)c1ccccc1. The van der Waals surface area contributed by atoms with Crippen LogP contribution in [0.25, 0.3) is 0 Å². The van der Waals surface area contributed by atoms with Crippen LogP contribution < -0.4 is 20.0 Å². The Kier molecular flexibility index (Phi) is 7.35. The van der Waals surface area contributed by atoms with Gasteiger partial charge in [-0.1, -0.05) is 109 Å². The van der Waals surface area contributed by atoms with E-state index in [-0.39, 0.29) is 0 Å². The maximum absolute atomic E-state index is 7.37. The van der Waals surface area contributed by atoms with Gasteiger partial charge in [-0.05, 0) is 53.9 Å². The maximum Gasteiger partial charge on any atom is 0.388 e. The van der Waals surface area contributed by atoms with Gasteiger partial charge in [0.15, 0.2) is 0 Å². The summed E-state index contributed by atoms with van der Waals surface area (Å²) in [5.41, 5.74) is 0. The van der Waals surface area contributed by atoms with Crippen LogP contribution in [0.2, 0.25) is 26.2 Å². The van der Waals surface area contributed by atoms with E-state index in [1.54, 1.807) is 0 Å². The summed E-state index contributed by atoms with van der Waals surface area (Å²) in [7, 11) is -8.21. The van der Waals surface area contributed by atoms with Crippen molar-refractivity contribution in [2.24, 2.45) is 0 Å². The molecule has 0 saturated carbocycles. The average molecular weight is 501 g/mol. The van der Waals surface area contributed by atoms with Gasteiger partial charge in [-0.15, -0.1) is 0 Å². The minimum absolute atomic E-state index is 0.822. The van der Waals surface area contributed by atoms with Crippen molar-refractivity contribution in [1.82, 2.24) is 0 Å². The van der Waals surface area contributed by atoms with Gasteiger partial charge in [-0.2, -0.15) is 0 Å². The molecule has 4 rings (SSSR count). The van der Waals surface area contributed by atoms with Crippen molar-refractivity contribution >= 4 is 41.0 Å². The molecule has 0 unspecified atom stereocenters. The molecule has 6 heteroatoms. The number of hydrogen-bond acceptors (Lipinski definition) is 3. The Morgan fingerprint density at radius 2 is 0.824 bits per heavy atom. The van der Waals surface area contributed by atoms with E-state index in [0.29, 0.717) is 0 Å². The zero-order valence-electron chi connectivity index (χ0n) is 20.3. The lowest BCUT2D eigenvalue weighted by molar-refractivity contribution is 0.346. The molecule has 0 aliphatic carbocycles. The molecule has 0 atom stereocenters. The van der Waals surface area contributed by atoms with E-state index in [1.165, 1.54) is 5.19 Å². The molecule has 0 bridgehead atoms. The van der Waals surface area contributed by atoms with Gasteiger partial charge >= 0.3 is 17.1 Å². The summed E-state index contributed by atoms with van der Waals surface area (Å²) in [5.74, 6) is 0.822. The fourth-order valence-electron chi connectivity index (χ4n) is 4.14. The van der Waals surface area contributed by atoms with Crippen molar-refractivity contribution in [2.45, 2.75) is 26.2 Å². The smallest absolute Gasteiger partial charge is 0.388 e. The van der Waals surface area contributed by atoms with Crippen molar-refractivity contribution in [1.29, 1.82) is 0 Å². The molecule has 0 saturated heterocycles. The van der Waals surface area contributed by atoms with Crippen LogP contribution in [0.1, 0.15) is 0 Å². The van der Waals surface area contributed by atoms with E-state index in [4.69, 9.17) is 12.7 Å². The molecule has 174 valence electrons. The van der Waals surface area contributed by atoms with Crippen LogP contribution in [0.15, 0.2) is 121 Å². The first-order chi connectivity index (χ1) is 16.3. The molecular weight excluding hydrogens is 469 g/mol. The Hall–Kier alpha value is -2.75. The summed E-state index contributed by atoms with van der Waals surface area (Å²) in [6.45, 7) is 8.72. The predicted octanol–water partition coefficient (Wildman–Crippen LogP) is 5.17. The summed E-state index contributed by atoms with van der Waals surface area (Å²) in [6.07, 6.45) is 0. The molecule has 0 radical (unpaired) electrons. The number of hydrogen-bond donors (Lipinski definition) is 0. The van der Waals surface area contributed by atoms with Crippen LogP contribution in [0.5, 0.6) is 5.75 Å². The summed E-state index contributed by atoms with van der Waals surface area (Å²) in [6, 6.07) is 41.4. The lowest BCUT2D eigenvalue weighted by Crippen LogP contribution is -2.72. The summed E-state index contributed by atoms with van der Waals surface area (Å²) < 4.78 is 21.1. The van der Waals surface area contributed by atoms with Gasteiger partial charge in [0, 0.05) is 0 Å². The fourth-order valence-corrected chi connectivity index (χ4v) is 16.1. The highest BCUT2D eigenvalue weighted by atomic mass is 28.5.